The van der Waals surface area contributed by atoms with E-state index in [4.69, 9.17) is 9.84 Å². The van der Waals surface area contributed by atoms with E-state index in [0.717, 1.165) is 32.1 Å². The van der Waals surface area contributed by atoms with Gasteiger partial charge in [0.15, 0.2) is 0 Å². The third-order valence-electron chi connectivity index (χ3n) is 6.03. The summed E-state index contributed by atoms with van der Waals surface area (Å²) in [5, 5.41) is 21.5. The molecule has 0 amide bonds. The Morgan fingerprint density at radius 1 is 0.926 bits per heavy atom. The van der Waals surface area contributed by atoms with E-state index >= 15 is 0 Å². The Balaban J connectivity index is 1.93. The summed E-state index contributed by atoms with van der Waals surface area (Å²) in [5.74, 6) is -0.675. The van der Waals surface area contributed by atoms with Crippen molar-refractivity contribution in [2.45, 2.75) is 128 Å². The third-order valence-corrected chi connectivity index (χ3v) is 6.03. The number of rotatable bonds is 16. The fourth-order valence-corrected chi connectivity index (χ4v) is 4.15. The van der Waals surface area contributed by atoms with Gasteiger partial charge in [0.25, 0.3) is 0 Å². The molecule has 0 aromatic carbocycles. The summed E-state index contributed by atoms with van der Waals surface area (Å²) in [5.41, 5.74) is -0.819. The lowest BCUT2D eigenvalue weighted by molar-refractivity contribution is -0.950. The summed E-state index contributed by atoms with van der Waals surface area (Å²) >= 11 is 0. The Hall–Kier alpha value is -0.650. The van der Waals surface area contributed by atoms with Crippen LogP contribution in [-0.4, -0.2) is 28.9 Å². The van der Waals surface area contributed by atoms with E-state index in [0.29, 0.717) is 18.1 Å². The minimum atomic E-state index is -0.675. The van der Waals surface area contributed by atoms with Crippen LogP contribution in [-0.2, 0) is 9.53 Å². The van der Waals surface area contributed by atoms with Crippen LogP contribution in [0.5, 0.6) is 0 Å². The van der Waals surface area contributed by atoms with E-state index < -0.39 is 11.7 Å². The second-order valence-corrected chi connectivity index (χ2v) is 8.99. The highest BCUT2D eigenvalue weighted by Gasteiger charge is 2.50. The second kappa shape index (κ2) is 12.7. The number of carboxylic acids is 1. The van der Waals surface area contributed by atoms with Crippen molar-refractivity contribution in [3.63, 3.8) is 0 Å². The topological polar surface area (TPSA) is 74.0 Å². The maximum Gasteiger partial charge on any atom is 0.303 e. The maximum absolute atomic E-state index is 12.6. The Bertz CT molecular complexity index is 413. The number of carbonyl (C=O) groups is 1. The molecule has 0 spiro atoms. The number of quaternary nitrogens is 1. The Labute approximate surface area is 166 Å². The lowest BCUT2D eigenvalue weighted by atomic mass is 9.98. The number of ether oxygens (including phenoxy) is 1. The number of aliphatic carboxylic acids is 1. The van der Waals surface area contributed by atoms with Gasteiger partial charge in [0.1, 0.15) is 12.1 Å². The fraction of sp³-hybridized carbons (Fsp3) is 0.955. The maximum atomic E-state index is 12.6. The number of hydroxylamine groups is 2. The minimum Gasteiger partial charge on any atom is -0.632 e. The molecule has 0 aromatic rings. The standard InChI is InChI=1S/C22H43NO4/c1-4-22(23(26)21(2,3)19-27-22)18-16-14-12-10-8-6-5-7-9-11-13-15-17-20(24)25/h23H,4-19H2,1-3H3,(H,24,25). The number of nitrogens with one attached hydrogen (secondary N) is 1. The average Bonchev–Trinajstić information content (AvgIpc) is 2.86. The molecule has 0 saturated carbocycles. The van der Waals surface area contributed by atoms with E-state index in [1.807, 2.05) is 13.8 Å². The Morgan fingerprint density at radius 3 is 1.74 bits per heavy atom. The molecule has 0 aliphatic carbocycles. The lowest BCUT2D eigenvalue weighted by Crippen LogP contribution is -3.20. The highest BCUT2D eigenvalue weighted by molar-refractivity contribution is 5.66. The van der Waals surface area contributed by atoms with Crippen LogP contribution in [0.2, 0.25) is 0 Å². The van der Waals surface area contributed by atoms with Gasteiger partial charge in [-0.25, -0.2) is 0 Å². The quantitative estimate of drug-likeness (QED) is 0.295. The van der Waals surface area contributed by atoms with Crippen molar-refractivity contribution in [2.75, 3.05) is 6.61 Å². The molecule has 27 heavy (non-hydrogen) atoms. The zero-order valence-corrected chi connectivity index (χ0v) is 18.0. The fourth-order valence-electron chi connectivity index (χ4n) is 4.15. The van der Waals surface area contributed by atoms with Gasteiger partial charge in [-0.2, -0.15) is 0 Å². The zero-order valence-electron chi connectivity index (χ0n) is 18.0. The molecule has 2 atom stereocenters. The van der Waals surface area contributed by atoms with Crippen molar-refractivity contribution in [1.29, 1.82) is 0 Å². The van der Waals surface area contributed by atoms with Crippen molar-refractivity contribution in [2.24, 2.45) is 0 Å². The van der Waals surface area contributed by atoms with Crippen molar-refractivity contribution in [3.05, 3.63) is 5.21 Å². The van der Waals surface area contributed by atoms with Gasteiger partial charge in [0.05, 0.1) is 0 Å². The SMILES string of the molecule is CCC1(CCCCCCCCCCCCCCC(=O)O)OCC(C)(C)[NH+]1[O-]. The smallest absolute Gasteiger partial charge is 0.303 e. The van der Waals surface area contributed by atoms with E-state index in [-0.39, 0.29) is 5.54 Å². The molecule has 1 fully saturated rings. The first kappa shape index (κ1) is 24.4. The summed E-state index contributed by atoms with van der Waals surface area (Å²) in [7, 11) is 0. The first-order chi connectivity index (χ1) is 12.8. The number of carboxylic acid groups (broad SMARTS) is 1. The van der Waals surface area contributed by atoms with Crippen molar-refractivity contribution in [1.82, 2.24) is 0 Å². The monoisotopic (exact) mass is 385 g/mol. The molecule has 1 aliphatic heterocycles. The number of hydrogen-bond donors (Lipinski definition) is 2. The molecule has 0 bridgehead atoms. The third kappa shape index (κ3) is 8.93. The van der Waals surface area contributed by atoms with E-state index in [9.17, 15) is 10.0 Å². The van der Waals surface area contributed by atoms with Crippen LogP contribution in [0.25, 0.3) is 0 Å². The van der Waals surface area contributed by atoms with Crippen LogP contribution < -0.4 is 5.06 Å². The molecule has 5 heteroatoms. The van der Waals surface area contributed by atoms with Gasteiger partial charge in [0, 0.05) is 19.3 Å². The molecule has 2 unspecified atom stereocenters. The molecule has 0 aromatic heterocycles. The Morgan fingerprint density at radius 2 is 1.37 bits per heavy atom. The van der Waals surface area contributed by atoms with Crippen LogP contribution in [0.15, 0.2) is 0 Å². The molecule has 2 N–H and O–H groups in total. The summed E-state index contributed by atoms with van der Waals surface area (Å²) < 4.78 is 5.96. The lowest BCUT2D eigenvalue weighted by Gasteiger charge is -2.41. The molecule has 1 saturated heterocycles. The largest absolute Gasteiger partial charge is 0.632 e. The molecule has 160 valence electrons. The highest BCUT2D eigenvalue weighted by Crippen LogP contribution is 2.26. The molecular formula is C22H43NO4. The van der Waals surface area contributed by atoms with Crippen molar-refractivity contribution in [3.8, 4) is 0 Å². The van der Waals surface area contributed by atoms with Crippen LogP contribution >= 0.6 is 0 Å². The van der Waals surface area contributed by atoms with Gasteiger partial charge in [-0.05, 0) is 26.7 Å². The summed E-state index contributed by atoms with van der Waals surface area (Å²) in [6.45, 7) is 6.65. The average molecular weight is 386 g/mol. The predicted octanol–water partition coefficient (Wildman–Crippen LogP) is 4.83. The van der Waals surface area contributed by atoms with Crippen molar-refractivity contribution < 1.29 is 19.7 Å². The first-order valence-electron chi connectivity index (χ1n) is 11.2. The molecule has 1 heterocycles. The van der Waals surface area contributed by atoms with Gasteiger partial charge in [-0.1, -0.05) is 71.1 Å². The molecule has 5 nitrogen and oxygen atoms in total. The summed E-state index contributed by atoms with van der Waals surface area (Å²) in [6, 6.07) is 0. The molecule has 1 rings (SSSR count). The highest BCUT2D eigenvalue weighted by atomic mass is 16.6. The molecule has 0 radical (unpaired) electrons. The van der Waals surface area contributed by atoms with Gasteiger partial charge >= 0.3 is 5.97 Å². The summed E-state index contributed by atoms with van der Waals surface area (Å²) in [6.07, 6.45) is 16.3. The van der Waals surface area contributed by atoms with E-state index in [1.54, 1.807) is 0 Å². The predicted molar refractivity (Wildman–Crippen MR) is 110 cm³/mol. The summed E-state index contributed by atoms with van der Waals surface area (Å²) in [4.78, 5) is 10.4. The van der Waals surface area contributed by atoms with Crippen molar-refractivity contribution >= 4 is 5.97 Å². The number of unbranched alkanes of at least 4 members (excludes halogenated alkanes) is 11. The normalized spacial score (nSPS) is 24.4. The minimum absolute atomic E-state index is 0.306. The molecular weight excluding hydrogens is 342 g/mol. The first-order valence-corrected chi connectivity index (χ1v) is 11.2. The second-order valence-electron chi connectivity index (χ2n) is 8.99. The van der Waals surface area contributed by atoms with Gasteiger partial charge in [-0.3, -0.25) is 4.79 Å². The van der Waals surface area contributed by atoms with Gasteiger partial charge < -0.3 is 20.1 Å². The Kier molecular flexibility index (Phi) is 11.5. The van der Waals surface area contributed by atoms with E-state index in [1.165, 1.54) is 57.8 Å². The zero-order chi connectivity index (χ0) is 20.2. The van der Waals surface area contributed by atoms with Crippen LogP contribution in [0.1, 0.15) is 117 Å². The number of hydrogen-bond acceptors (Lipinski definition) is 3. The molecule has 1 aliphatic rings. The van der Waals surface area contributed by atoms with Crippen LogP contribution in [0.3, 0.4) is 0 Å². The van der Waals surface area contributed by atoms with Gasteiger partial charge in [0.2, 0.25) is 5.72 Å². The van der Waals surface area contributed by atoms with Crippen LogP contribution in [0, 0.1) is 5.21 Å². The van der Waals surface area contributed by atoms with Gasteiger partial charge in [-0.15, -0.1) is 0 Å². The van der Waals surface area contributed by atoms with Crippen LogP contribution in [0.4, 0.5) is 0 Å². The van der Waals surface area contributed by atoms with E-state index in [2.05, 4.69) is 6.92 Å².